The third kappa shape index (κ3) is 3.24. The molecule has 21 heavy (non-hydrogen) atoms. The van der Waals surface area contributed by atoms with Crippen molar-refractivity contribution in [1.82, 2.24) is 14.2 Å². The Hall–Kier alpha value is -1.48. The SMILES string of the molecule is O=S(=O)(NCc1noc2ccccc12)N1CCCOCC1. The lowest BCUT2D eigenvalue weighted by Crippen LogP contribution is -2.41. The Morgan fingerprint density at radius 1 is 1.24 bits per heavy atom. The predicted octanol–water partition coefficient (Wildman–Crippen LogP) is 0.884. The van der Waals surface area contributed by atoms with Gasteiger partial charge in [-0.1, -0.05) is 17.3 Å². The second-order valence-corrected chi connectivity index (χ2v) is 6.57. The summed E-state index contributed by atoms with van der Waals surface area (Å²) in [7, 11) is -3.53. The normalized spacial score (nSPS) is 17.9. The molecule has 114 valence electrons. The molecule has 7 nitrogen and oxygen atoms in total. The van der Waals surface area contributed by atoms with Crippen LogP contribution in [0.3, 0.4) is 0 Å². The summed E-state index contributed by atoms with van der Waals surface area (Å²) in [5, 5.41) is 4.74. The fourth-order valence-corrected chi connectivity index (χ4v) is 3.47. The first-order chi connectivity index (χ1) is 10.2. The molecule has 1 aliphatic heterocycles. The van der Waals surface area contributed by atoms with E-state index in [0.717, 1.165) is 5.39 Å². The van der Waals surface area contributed by atoms with E-state index in [-0.39, 0.29) is 6.54 Å². The van der Waals surface area contributed by atoms with Crippen LogP contribution in [0.4, 0.5) is 0 Å². The lowest BCUT2D eigenvalue weighted by molar-refractivity contribution is 0.148. The molecule has 1 saturated heterocycles. The number of para-hydroxylation sites is 1. The van der Waals surface area contributed by atoms with Gasteiger partial charge in [-0.05, 0) is 18.6 Å². The van der Waals surface area contributed by atoms with Gasteiger partial charge in [-0.2, -0.15) is 17.4 Å². The molecule has 0 amide bonds. The van der Waals surface area contributed by atoms with Crippen molar-refractivity contribution in [2.24, 2.45) is 0 Å². The van der Waals surface area contributed by atoms with Crippen LogP contribution in [0.25, 0.3) is 11.0 Å². The molecule has 1 aromatic heterocycles. The van der Waals surface area contributed by atoms with E-state index in [2.05, 4.69) is 9.88 Å². The highest BCUT2D eigenvalue weighted by atomic mass is 32.2. The highest BCUT2D eigenvalue weighted by Gasteiger charge is 2.23. The van der Waals surface area contributed by atoms with Gasteiger partial charge in [0.1, 0.15) is 5.69 Å². The average molecular weight is 311 g/mol. The van der Waals surface area contributed by atoms with Crippen molar-refractivity contribution >= 4 is 21.2 Å². The topological polar surface area (TPSA) is 84.7 Å². The summed E-state index contributed by atoms with van der Waals surface area (Å²) in [5.74, 6) is 0. The van der Waals surface area contributed by atoms with Crippen LogP contribution in [0.15, 0.2) is 28.8 Å². The van der Waals surface area contributed by atoms with Gasteiger partial charge >= 0.3 is 0 Å². The zero-order chi connectivity index (χ0) is 14.7. The quantitative estimate of drug-likeness (QED) is 0.906. The number of nitrogens with zero attached hydrogens (tertiary/aromatic N) is 2. The smallest absolute Gasteiger partial charge is 0.279 e. The molecule has 1 fully saturated rings. The van der Waals surface area contributed by atoms with Crippen LogP contribution >= 0.6 is 0 Å². The second-order valence-electron chi connectivity index (χ2n) is 4.82. The van der Waals surface area contributed by atoms with Crippen molar-refractivity contribution in [2.45, 2.75) is 13.0 Å². The predicted molar refractivity (Wildman–Crippen MR) is 76.8 cm³/mol. The Kier molecular flexibility index (Phi) is 4.20. The van der Waals surface area contributed by atoms with Gasteiger partial charge in [0.15, 0.2) is 5.58 Å². The Labute approximate surface area is 123 Å². The lowest BCUT2D eigenvalue weighted by Gasteiger charge is -2.19. The van der Waals surface area contributed by atoms with Gasteiger partial charge in [0.25, 0.3) is 10.2 Å². The molecule has 0 saturated carbocycles. The van der Waals surface area contributed by atoms with Crippen LogP contribution in [-0.4, -0.2) is 44.2 Å². The third-order valence-electron chi connectivity index (χ3n) is 3.40. The van der Waals surface area contributed by atoms with Crippen molar-refractivity contribution in [2.75, 3.05) is 26.3 Å². The molecule has 2 aromatic rings. The summed E-state index contributed by atoms with van der Waals surface area (Å²) >= 11 is 0. The molecule has 3 rings (SSSR count). The summed E-state index contributed by atoms with van der Waals surface area (Å²) < 4.78 is 38.9. The number of ether oxygens (including phenoxy) is 1. The van der Waals surface area contributed by atoms with E-state index in [9.17, 15) is 8.42 Å². The molecule has 2 heterocycles. The standard InChI is InChI=1S/C13H17N3O4S/c17-21(18,16-6-3-8-19-9-7-16)14-10-12-11-4-1-2-5-13(11)20-15-12/h1-2,4-5,14H,3,6-10H2. The molecule has 0 radical (unpaired) electrons. The third-order valence-corrected chi connectivity index (χ3v) is 4.95. The number of nitrogens with one attached hydrogen (secondary N) is 1. The first kappa shape index (κ1) is 14.5. The molecule has 0 unspecified atom stereocenters. The molecule has 0 bridgehead atoms. The monoisotopic (exact) mass is 311 g/mol. The van der Waals surface area contributed by atoms with Gasteiger partial charge < -0.3 is 9.26 Å². The Balaban J connectivity index is 1.71. The van der Waals surface area contributed by atoms with Crippen LogP contribution in [0, 0.1) is 0 Å². The summed E-state index contributed by atoms with van der Waals surface area (Å²) in [6, 6.07) is 7.37. The van der Waals surface area contributed by atoms with Gasteiger partial charge in [0, 0.05) is 25.1 Å². The van der Waals surface area contributed by atoms with E-state index in [0.29, 0.717) is 44.0 Å². The molecule has 1 aromatic carbocycles. The van der Waals surface area contributed by atoms with E-state index < -0.39 is 10.2 Å². The van der Waals surface area contributed by atoms with Gasteiger partial charge in [-0.15, -0.1) is 0 Å². The molecule has 0 aliphatic carbocycles. The molecule has 0 atom stereocenters. The zero-order valence-electron chi connectivity index (χ0n) is 11.5. The van der Waals surface area contributed by atoms with E-state index >= 15 is 0 Å². The first-order valence-corrected chi connectivity index (χ1v) is 8.26. The van der Waals surface area contributed by atoms with Crippen LogP contribution in [0.1, 0.15) is 12.1 Å². The number of hydrogen-bond donors (Lipinski definition) is 1. The molecular weight excluding hydrogens is 294 g/mol. The Morgan fingerprint density at radius 3 is 3.00 bits per heavy atom. The second kappa shape index (κ2) is 6.10. The molecule has 1 N–H and O–H groups in total. The summed E-state index contributed by atoms with van der Waals surface area (Å²) in [6.07, 6.45) is 0.702. The summed E-state index contributed by atoms with van der Waals surface area (Å²) in [5.41, 5.74) is 1.23. The summed E-state index contributed by atoms with van der Waals surface area (Å²) in [6.45, 7) is 1.97. The van der Waals surface area contributed by atoms with Gasteiger partial charge in [0.05, 0.1) is 13.2 Å². The van der Waals surface area contributed by atoms with Gasteiger partial charge in [0.2, 0.25) is 0 Å². The number of benzene rings is 1. The van der Waals surface area contributed by atoms with Crippen molar-refractivity contribution in [3.63, 3.8) is 0 Å². The fraction of sp³-hybridized carbons (Fsp3) is 0.462. The molecule has 1 aliphatic rings. The van der Waals surface area contributed by atoms with E-state index in [4.69, 9.17) is 9.26 Å². The maximum absolute atomic E-state index is 12.3. The summed E-state index contributed by atoms with van der Waals surface area (Å²) in [4.78, 5) is 0. The van der Waals surface area contributed by atoms with Crippen molar-refractivity contribution in [1.29, 1.82) is 0 Å². The number of fused-ring (bicyclic) bond motifs is 1. The van der Waals surface area contributed by atoms with Gasteiger partial charge in [-0.25, -0.2) is 0 Å². The fourth-order valence-electron chi connectivity index (χ4n) is 2.28. The first-order valence-electron chi connectivity index (χ1n) is 6.82. The maximum atomic E-state index is 12.3. The average Bonchev–Trinajstić information content (AvgIpc) is 2.70. The minimum absolute atomic E-state index is 0.108. The molecule has 8 heteroatoms. The molecule has 0 spiro atoms. The van der Waals surface area contributed by atoms with E-state index in [1.165, 1.54) is 4.31 Å². The van der Waals surface area contributed by atoms with E-state index in [1.54, 1.807) is 6.07 Å². The number of hydrogen-bond acceptors (Lipinski definition) is 5. The van der Waals surface area contributed by atoms with Crippen LogP contribution in [0.5, 0.6) is 0 Å². The zero-order valence-corrected chi connectivity index (χ0v) is 12.3. The largest absolute Gasteiger partial charge is 0.380 e. The van der Waals surface area contributed by atoms with Gasteiger partial charge in [-0.3, -0.25) is 0 Å². The maximum Gasteiger partial charge on any atom is 0.279 e. The highest BCUT2D eigenvalue weighted by Crippen LogP contribution is 2.17. The van der Waals surface area contributed by atoms with Crippen molar-refractivity contribution in [3.05, 3.63) is 30.0 Å². The van der Waals surface area contributed by atoms with Crippen LogP contribution in [0.2, 0.25) is 0 Å². The lowest BCUT2D eigenvalue weighted by atomic mass is 10.2. The molecular formula is C13H17N3O4S. The van der Waals surface area contributed by atoms with Crippen LogP contribution in [-0.2, 0) is 21.5 Å². The Bertz CT molecular complexity index is 705. The number of aromatic nitrogens is 1. The van der Waals surface area contributed by atoms with Crippen LogP contribution < -0.4 is 4.72 Å². The number of rotatable bonds is 4. The van der Waals surface area contributed by atoms with Crippen molar-refractivity contribution in [3.8, 4) is 0 Å². The van der Waals surface area contributed by atoms with E-state index in [1.807, 2.05) is 18.2 Å². The minimum atomic E-state index is -3.53. The minimum Gasteiger partial charge on any atom is -0.380 e. The Morgan fingerprint density at radius 2 is 2.10 bits per heavy atom. The highest BCUT2D eigenvalue weighted by molar-refractivity contribution is 7.87. The van der Waals surface area contributed by atoms with Crippen molar-refractivity contribution < 1.29 is 17.7 Å².